The fraction of sp³-hybridized carbons (Fsp3) is 0.435. The minimum atomic E-state index is -1.00. The average molecular weight is 1180 g/mol. The number of urea groups is 1. The molecule has 0 unspecified atom stereocenters. The normalized spacial score (nSPS) is 16.6. The first-order valence-electron chi connectivity index (χ1n) is 24.5. The van der Waals surface area contributed by atoms with Gasteiger partial charge in [0.15, 0.2) is 0 Å². The van der Waals surface area contributed by atoms with Crippen LogP contribution in [0.1, 0.15) is 59.8 Å². The second-order valence-corrected chi connectivity index (χ2v) is 18.9. The molecule has 36 heteroatoms. The molecule has 9 atom stereocenters. The minimum Gasteiger partial charge on any atom is -0.481 e. The van der Waals surface area contributed by atoms with E-state index in [0.717, 1.165) is 59.2 Å². The highest BCUT2D eigenvalue weighted by Crippen LogP contribution is 2.33. The molecule has 2 amide bonds. The van der Waals surface area contributed by atoms with Gasteiger partial charge in [-0.2, -0.15) is 11.8 Å². The first-order chi connectivity index (χ1) is 38.9. The molecule has 2 saturated heterocycles. The topological polar surface area (TPSA) is 630 Å². The highest BCUT2D eigenvalue weighted by atomic mass is 32.2. The minimum absolute atomic E-state index is 0.0640. The number of carbonyl (C=O) groups excluding carboxylic acids is 1. The number of amides is 2. The number of hydrogen-bond acceptors (Lipinski definition) is 21. The van der Waals surface area contributed by atoms with Crippen molar-refractivity contribution >= 4 is 59.6 Å². The molecule has 0 spiro atoms. The number of nitrogens with zero attached hydrogens (tertiary/aromatic N) is 6. The van der Waals surface area contributed by atoms with E-state index in [1.165, 1.54) is 38.0 Å². The number of nitrogens with two attached hydrogens (primary N) is 6. The van der Waals surface area contributed by atoms with Crippen molar-refractivity contribution in [2.24, 2.45) is 34.4 Å². The number of carboxylic acid groups (broad SMARTS) is 7. The molecule has 8 heterocycles. The first-order valence-corrected chi connectivity index (χ1v) is 25.6. The van der Waals surface area contributed by atoms with E-state index in [0.29, 0.717) is 5.25 Å². The number of aromatic amines is 6. The Morgan fingerprint density at radius 1 is 0.439 bits per heavy atom. The Morgan fingerprint density at radius 3 is 0.902 bits per heavy atom. The Bertz CT molecular complexity index is 2330. The third-order valence-electron chi connectivity index (χ3n) is 10.9. The lowest BCUT2D eigenvalue weighted by atomic mass is 10.0. The van der Waals surface area contributed by atoms with E-state index in [2.05, 4.69) is 70.4 Å². The summed E-state index contributed by atoms with van der Waals surface area (Å²) in [6, 6.07) is -4.67. The zero-order valence-electron chi connectivity index (χ0n) is 43.9. The molecule has 35 nitrogen and oxygen atoms in total. The quantitative estimate of drug-likeness (QED) is 0.0224. The summed E-state index contributed by atoms with van der Waals surface area (Å²) in [4.78, 5) is 122. The van der Waals surface area contributed by atoms with Gasteiger partial charge in [0.1, 0.15) is 36.3 Å². The van der Waals surface area contributed by atoms with Crippen LogP contribution in [0.3, 0.4) is 0 Å². The molecule has 2 aliphatic heterocycles. The van der Waals surface area contributed by atoms with Crippen LogP contribution < -0.4 is 45.0 Å². The van der Waals surface area contributed by atoms with Gasteiger partial charge >= 0.3 is 47.8 Å². The monoisotopic (exact) mass is 1170 g/mol. The van der Waals surface area contributed by atoms with Crippen LogP contribution in [0.5, 0.6) is 0 Å². The maximum Gasteiger partial charge on any atom is 0.320 e. The van der Waals surface area contributed by atoms with Crippen molar-refractivity contribution in [3.63, 3.8) is 0 Å². The van der Waals surface area contributed by atoms with Crippen molar-refractivity contribution in [2.75, 3.05) is 5.75 Å². The number of fused-ring (bicyclic) bond motifs is 1. The highest BCUT2D eigenvalue weighted by molar-refractivity contribution is 8.00. The number of hydrogen-bond donors (Lipinski definition) is 21. The van der Waals surface area contributed by atoms with Gasteiger partial charge in [0, 0.05) is 127 Å². The average Bonchev–Trinajstić information content (AvgIpc) is 4.32. The number of carbonyl (C=O) groups is 8. The van der Waals surface area contributed by atoms with Gasteiger partial charge in [0.25, 0.3) is 0 Å². The fourth-order valence-electron chi connectivity index (χ4n) is 6.59. The Kier molecular flexibility index (Phi) is 31.8. The molecule has 2 fully saturated rings. The third kappa shape index (κ3) is 29.2. The second kappa shape index (κ2) is 37.7. The summed E-state index contributed by atoms with van der Waals surface area (Å²) >= 11 is 1.87. The Labute approximate surface area is 470 Å². The van der Waals surface area contributed by atoms with Gasteiger partial charge in [-0.05, 0) is 12.8 Å². The summed E-state index contributed by atoms with van der Waals surface area (Å²) in [6.45, 7) is 0. The van der Waals surface area contributed by atoms with Gasteiger partial charge in [-0.1, -0.05) is 6.42 Å². The highest BCUT2D eigenvalue weighted by Gasteiger charge is 2.42. The third-order valence-corrected chi connectivity index (χ3v) is 12.4. The number of unbranched alkanes of at least 4 members (excludes halogenated alkanes) is 1. The molecule has 82 heavy (non-hydrogen) atoms. The standard InChI is InChI=1S/C10H16N2O3S.6C6H9N3O2/c13-8(14)4-2-1-3-7-9-6(5-16-7)11-10(15)12-9;6*7-5(6(10)11)1-4-2-8-3-9-4/h6-7,9H,1-5H2,(H,13,14)(H2,11,12,15);6*2-3,5H,1,7H2,(H,8,9)(H,10,11)/t6-,7-,9-;6*5-/m0000000/s1. The summed E-state index contributed by atoms with van der Waals surface area (Å²) in [6.07, 6.45) is 22.9. The second-order valence-electron chi connectivity index (χ2n) is 17.6. The Hall–Kier alpha value is -9.07. The van der Waals surface area contributed by atoms with Crippen LogP contribution in [0.15, 0.2) is 75.1 Å². The molecule has 2 aliphatic rings. The van der Waals surface area contributed by atoms with Crippen molar-refractivity contribution in [3.05, 3.63) is 109 Å². The number of thioether (sulfide) groups is 1. The molecular formula is C46H70N20O15S. The Balaban J connectivity index is 0.000000328. The number of imidazole rings is 6. The van der Waals surface area contributed by atoms with Crippen LogP contribution >= 0.6 is 11.8 Å². The van der Waals surface area contributed by atoms with Gasteiger partial charge in [0.2, 0.25) is 0 Å². The van der Waals surface area contributed by atoms with Crippen molar-refractivity contribution < 1.29 is 74.1 Å². The van der Waals surface area contributed by atoms with Gasteiger partial charge in [-0.25, -0.2) is 34.7 Å². The lowest BCUT2D eigenvalue weighted by molar-refractivity contribution is -0.139. The predicted octanol–water partition coefficient (Wildman–Crippen LogP) is -3.02. The number of nitrogens with one attached hydrogen (secondary N) is 8. The molecule has 6 aromatic heterocycles. The van der Waals surface area contributed by atoms with Crippen molar-refractivity contribution in [1.82, 2.24) is 70.4 Å². The van der Waals surface area contributed by atoms with Gasteiger partial charge < -0.3 is 111 Å². The van der Waals surface area contributed by atoms with Crippen LogP contribution in [0.2, 0.25) is 0 Å². The zero-order valence-corrected chi connectivity index (χ0v) is 44.7. The van der Waals surface area contributed by atoms with E-state index < -0.39 is 78.0 Å². The summed E-state index contributed by atoms with van der Waals surface area (Å²) in [7, 11) is 0. The molecule has 0 radical (unpaired) electrons. The predicted molar refractivity (Wildman–Crippen MR) is 289 cm³/mol. The van der Waals surface area contributed by atoms with E-state index >= 15 is 0 Å². The van der Waals surface area contributed by atoms with Crippen LogP contribution in [-0.4, -0.2) is 203 Å². The number of aromatic nitrogens is 12. The van der Waals surface area contributed by atoms with Crippen LogP contribution in [0, 0.1) is 0 Å². The lowest BCUT2D eigenvalue weighted by Crippen LogP contribution is -2.36. The van der Waals surface area contributed by atoms with Crippen molar-refractivity contribution in [1.29, 1.82) is 0 Å². The molecule has 0 saturated carbocycles. The summed E-state index contributed by atoms with van der Waals surface area (Å²) in [5, 5.41) is 65.3. The smallest absolute Gasteiger partial charge is 0.320 e. The van der Waals surface area contributed by atoms with E-state index in [1.807, 2.05) is 11.8 Å². The maximum atomic E-state index is 11.1. The molecule has 0 aromatic carbocycles. The number of rotatable bonds is 23. The van der Waals surface area contributed by atoms with Crippen molar-refractivity contribution in [3.8, 4) is 0 Å². The molecule has 0 bridgehead atoms. The summed E-state index contributed by atoms with van der Waals surface area (Å²) in [5.74, 6) is -5.77. The van der Waals surface area contributed by atoms with E-state index in [1.54, 1.807) is 37.2 Å². The molecule has 0 aliphatic carbocycles. The van der Waals surface area contributed by atoms with E-state index in [-0.39, 0.29) is 63.1 Å². The number of carboxylic acids is 7. The molecule has 6 aromatic rings. The number of H-pyrrole nitrogens is 6. The van der Waals surface area contributed by atoms with E-state index in [4.69, 9.17) is 70.1 Å². The SMILES string of the molecule is N[C@@H](Cc1cnc[nH]1)C(=O)O.N[C@@H](Cc1cnc[nH]1)C(=O)O.N[C@@H](Cc1cnc[nH]1)C(=O)O.N[C@@H](Cc1cnc[nH]1)C(=O)O.N[C@@H](Cc1cnc[nH]1)C(=O)O.N[C@@H](Cc1cnc[nH]1)C(=O)O.O=C(O)CCCC[C@@H]1SC[C@@H]2NC(=O)N[C@@H]21. The molecule has 27 N–H and O–H groups in total. The lowest BCUT2D eigenvalue weighted by Gasteiger charge is -2.16. The van der Waals surface area contributed by atoms with Crippen molar-refractivity contribution in [2.45, 2.75) is 118 Å². The zero-order chi connectivity index (χ0) is 61.1. The molecule has 8 rings (SSSR count). The van der Waals surface area contributed by atoms with Gasteiger partial charge in [-0.15, -0.1) is 0 Å². The summed E-state index contributed by atoms with van der Waals surface area (Å²) < 4.78 is 0. The van der Waals surface area contributed by atoms with Gasteiger partial charge in [0.05, 0.1) is 50.0 Å². The molecular weight excluding hydrogens is 1100 g/mol. The fourth-order valence-corrected chi connectivity index (χ4v) is 8.13. The van der Waals surface area contributed by atoms with Crippen LogP contribution in [0.25, 0.3) is 0 Å². The summed E-state index contributed by atoms with van der Waals surface area (Å²) in [5.41, 5.74) is 36.0. The Morgan fingerprint density at radius 2 is 0.695 bits per heavy atom. The van der Waals surface area contributed by atoms with Gasteiger partial charge in [-0.3, -0.25) is 33.6 Å². The number of aliphatic carboxylic acids is 7. The largest absolute Gasteiger partial charge is 0.481 e. The van der Waals surface area contributed by atoms with Crippen LogP contribution in [-0.2, 0) is 72.1 Å². The van der Waals surface area contributed by atoms with Crippen LogP contribution in [0.4, 0.5) is 4.79 Å². The molecule has 450 valence electrons. The van der Waals surface area contributed by atoms with E-state index in [9.17, 15) is 38.4 Å². The first kappa shape index (κ1) is 69.0. The maximum absolute atomic E-state index is 11.1.